The second-order valence-corrected chi connectivity index (χ2v) is 6.11. The van der Waals surface area contributed by atoms with Gasteiger partial charge in [0.15, 0.2) is 0 Å². The number of benzene rings is 2. The van der Waals surface area contributed by atoms with Crippen LogP contribution >= 0.6 is 15.9 Å². The van der Waals surface area contributed by atoms with Crippen molar-refractivity contribution in [2.45, 2.75) is 13.5 Å². The molecule has 4 nitrogen and oxygen atoms in total. The molecule has 0 saturated heterocycles. The number of halogens is 1. The Hall–Kier alpha value is -2.40. The lowest BCUT2D eigenvalue weighted by molar-refractivity contribution is 0.0950. The van der Waals surface area contributed by atoms with E-state index in [-0.39, 0.29) is 12.5 Å². The number of aryl methyl sites for hydroxylation is 1. The highest BCUT2D eigenvalue weighted by atomic mass is 79.9. The minimum Gasteiger partial charge on any atom is -0.423 e. The standard InChI is InChI=1S/C18H14BrNO3/c1-11-6-7-13-12(9-17(21)23-16(13)8-11)10-20-18(22)14-4-2-3-5-15(14)19/h2-9H,10H2,1H3,(H,20,22). The molecule has 23 heavy (non-hydrogen) atoms. The Morgan fingerprint density at radius 3 is 2.74 bits per heavy atom. The molecule has 5 heteroatoms. The zero-order valence-corrected chi connectivity index (χ0v) is 14.0. The first-order valence-corrected chi connectivity index (χ1v) is 7.90. The quantitative estimate of drug-likeness (QED) is 0.712. The van der Waals surface area contributed by atoms with Gasteiger partial charge in [0, 0.05) is 22.5 Å². The van der Waals surface area contributed by atoms with Gasteiger partial charge in [0.2, 0.25) is 0 Å². The largest absolute Gasteiger partial charge is 0.423 e. The van der Waals surface area contributed by atoms with Crippen LogP contribution in [-0.4, -0.2) is 5.91 Å². The van der Waals surface area contributed by atoms with Gasteiger partial charge in [-0.15, -0.1) is 0 Å². The van der Waals surface area contributed by atoms with Crippen LogP contribution in [0, 0.1) is 6.92 Å². The van der Waals surface area contributed by atoms with Crippen molar-refractivity contribution in [1.82, 2.24) is 5.32 Å². The predicted octanol–water partition coefficient (Wildman–Crippen LogP) is 3.79. The van der Waals surface area contributed by atoms with Crippen LogP contribution < -0.4 is 10.9 Å². The number of fused-ring (bicyclic) bond motifs is 1. The topological polar surface area (TPSA) is 59.3 Å². The molecule has 0 aliphatic rings. The SMILES string of the molecule is Cc1ccc2c(CNC(=O)c3ccccc3Br)cc(=O)oc2c1. The van der Waals surface area contributed by atoms with Crippen molar-refractivity contribution in [3.63, 3.8) is 0 Å². The van der Waals surface area contributed by atoms with Gasteiger partial charge in [0.05, 0.1) is 5.56 Å². The molecule has 0 bridgehead atoms. The van der Waals surface area contributed by atoms with E-state index < -0.39 is 5.63 Å². The molecule has 0 atom stereocenters. The summed E-state index contributed by atoms with van der Waals surface area (Å²) in [4.78, 5) is 24.0. The van der Waals surface area contributed by atoms with Gasteiger partial charge in [-0.3, -0.25) is 4.79 Å². The summed E-state index contributed by atoms with van der Waals surface area (Å²) < 4.78 is 5.95. The first kappa shape index (κ1) is 15.5. The molecule has 0 unspecified atom stereocenters. The van der Waals surface area contributed by atoms with Gasteiger partial charge in [-0.25, -0.2) is 4.79 Å². The van der Waals surface area contributed by atoms with E-state index in [0.717, 1.165) is 21.0 Å². The van der Waals surface area contributed by atoms with Crippen LogP contribution in [0.5, 0.6) is 0 Å². The Labute approximate surface area is 141 Å². The maximum atomic E-state index is 12.3. The van der Waals surface area contributed by atoms with E-state index in [1.54, 1.807) is 12.1 Å². The van der Waals surface area contributed by atoms with E-state index in [2.05, 4.69) is 21.2 Å². The zero-order valence-electron chi connectivity index (χ0n) is 12.4. The molecule has 0 aliphatic heterocycles. The lowest BCUT2D eigenvalue weighted by atomic mass is 10.1. The molecular weight excluding hydrogens is 358 g/mol. The lowest BCUT2D eigenvalue weighted by Crippen LogP contribution is -2.23. The molecule has 3 aromatic rings. The predicted molar refractivity (Wildman–Crippen MR) is 92.5 cm³/mol. The third-order valence-electron chi connectivity index (χ3n) is 3.54. The van der Waals surface area contributed by atoms with E-state index in [1.165, 1.54) is 6.07 Å². The van der Waals surface area contributed by atoms with E-state index >= 15 is 0 Å². The number of carbonyl (C=O) groups excluding carboxylic acids is 1. The first-order valence-electron chi connectivity index (χ1n) is 7.11. The maximum Gasteiger partial charge on any atom is 0.336 e. The van der Waals surface area contributed by atoms with Crippen molar-refractivity contribution in [3.8, 4) is 0 Å². The average molecular weight is 372 g/mol. The molecule has 0 spiro atoms. The number of nitrogens with one attached hydrogen (secondary N) is 1. The normalized spacial score (nSPS) is 10.7. The Balaban J connectivity index is 1.89. The Kier molecular flexibility index (Phi) is 4.30. The molecule has 1 heterocycles. The highest BCUT2D eigenvalue weighted by molar-refractivity contribution is 9.10. The Morgan fingerprint density at radius 1 is 1.17 bits per heavy atom. The molecule has 1 aromatic heterocycles. The molecule has 0 fully saturated rings. The second-order valence-electron chi connectivity index (χ2n) is 5.25. The smallest absolute Gasteiger partial charge is 0.336 e. The van der Waals surface area contributed by atoms with Crippen LogP contribution in [0.1, 0.15) is 21.5 Å². The molecule has 2 aromatic carbocycles. The molecule has 0 aliphatic carbocycles. The number of hydrogen-bond donors (Lipinski definition) is 1. The third-order valence-corrected chi connectivity index (χ3v) is 4.24. The van der Waals surface area contributed by atoms with Crippen molar-refractivity contribution >= 4 is 32.8 Å². The van der Waals surface area contributed by atoms with Crippen LogP contribution in [0.15, 0.2) is 62.2 Å². The molecule has 116 valence electrons. The van der Waals surface area contributed by atoms with Gasteiger partial charge in [0.25, 0.3) is 5.91 Å². The maximum absolute atomic E-state index is 12.3. The number of rotatable bonds is 3. The Bertz CT molecular complexity index is 946. The fourth-order valence-electron chi connectivity index (χ4n) is 2.40. The van der Waals surface area contributed by atoms with Crippen LogP contribution in [0.25, 0.3) is 11.0 Å². The van der Waals surface area contributed by atoms with Crippen LogP contribution in [0.2, 0.25) is 0 Å². The summed E-state index contributed by atoms with van der Waals surface area (Å²) in [6.45, 7) is 2.19. The molecule has 1 amide bonds. The van der Waals surface area contributed by atoms with Gasteiger partial charge < -0.3 is 9.73 Å². The number of amides is 1. The van der Waals surface area contributed by atoms with Gasteiger partial charge in [0.1, 0.15) is 5.58 Å². The van der Waals surface area contributed by atoms with Gasteiger partial charge >= 0.3 is 5.63 Å². The van der Waals surface area contributed by atoms with Crippen LogP contribution in [0.3, 0.4) is 0 Å². The minimum atomic E-state index is -0.423. The summed E-state index contributed by atoms with van der Waals surface area (Å²) in [5.41, 5.74) is 2.40. The monoisotopic (exact) mass is 371 g/mol. The van der Waals surface area contributed by atoms with Crippen molar-refractivity contribution in [2.24, 2.45) is 0 Å². The van der Waals surface area contributed by atoms with Crippen LogP contribution in [-0.2, 0) is 6.54 Å². The molecule has 1 N–H and O–H groups in total. The van der Waals surface area contributed by atoms with Crippen LogP contribution in [0.4, 0.5) is 0 Å². The zero-order chi connectivity index (χ0) is 16.4. The number of hydrogen-bond acceptors (Lipinski definition) is 3. The van der Waals surface area contributed by atoms with E-state index in [4.69, 9.17) is 4.42 Å². The second kappa shape index (κ2) is 6.38. The first-order chi connectivity index (χ1) is 11.0. The lowest BCUT2D eigenvalue weighted by Gasteiger charge is -2.09. The Morgan fingerprint density at radius 2 is 1.96 bits per heavy atom. The average Bonchev–Trinajstić information content (AvgIpc) is 2.52. The minimum absolute atomic E-state index is 0.203. The van der Waals surface area contributed by atoms with Gasteiger partial charge in [-0.2, -0.15) is 0 Å². The van der Waals surface area contributed by atoms with Crippen molar-refractivity contribution < 1.29 is 9.21 Å². The summed E-state index contributed by atoms with van der Waals surface area (Å²) >= 11 is 3.36. The summed E-state index contributed by atoms with van der Waals surface area (Å²) in [7, 11) is 0. The molecule has 3 rings (SSSR count). The van der Waals surface area contributed by atoms with Crippen molar-refractivity contribution in [3.05, 3.63) is 80.1 Å². The highest BCUT2D eigenvalue weighted by Crippen LogP contribution is 2.19. The summed E-state index contributed by atoms with van der Waals surface area (Å²) in [6, 6.07) is 14.3. The molecule has 0 radical (unpaired) electrons. The van der Waals surface area contributed by atoms with E-state index in [0.29, 0.717) is 11.1 Å². The van der Waals surface area contributed by atoms with Crippen molar-refractivity contribution in [2.75, 3.05) is 0 Å². The third kappa shape index (κ3) is 3.35. The van der Waals surface area contributed by atoms with Gasteiger partial charge in [-0.1, -0.05) is 24.3 Å². The molecular formula is C18H14BrNO3. The summed E-state index contributed by atoms with van der Waals surface area (Å²) in [6.07, 6.45) is 0. The van der Waals surface area contributed by atoms with Crippen molar-refractivity contribution in [1.29, 1.82) is 0 Å². The molecule has 0 saturated carbocycles. The van der Waals surface area contributed by atoms with E-state index in [9.17, 15) is 9.59 Å². The van der Waals surface area contributed by atoms with Gasteiger partial charge in [-0.05, 0) is 52.2 Å². The van der Waals surface area contributed by atoms with E-state index in [1.807, 2.05) is 37.3 Å². The summed E-state index contributed by atoms with van der Waals surface area (Å²) in [5.74, 6) is -0.203. The fourth-order valence-corrected chi connectivity index (χ4v) is 2.86. The number of carbonyl (C=O) groups is 1. The fraction of sp³-hybridized carbons (Fsp3) is 0.111. The summed E-state index contributed by atoms with van der Waals surface area (Å²) in [5, 5.41) is 3.66. The highest BCUT2D eigenvalue weighted by Gasteiger charge is 2.11.